The van der Waals surface area contributed by atoms with Gasteiger partial charge in [-0.05, 0) is 31.9 Å². The highest BCUT2D eigenvalue weighted by atomic mass is 32.2. The second kappa shape index (κ2) is 6.86. The molecule has 3 heterocycles. The highest BCUT2D eigenvalue weighted by molar-refractivity contribution is 7.89. The van der Waals surface area contributed by atoms with Gasteiger partial charge in [0.25, 0.3) is 0 Å². The van der Waals surface area contributed by atoms with Crippen LogP contribution in [-0.2, 0) is 21.4 Å². The molecule has 0 spiro atoms. The van der Waals surface area contributed by atoms with Gasteiger partial charge in [0.15, 0.2) is 11.5 Å². The predicted molar refractivity (Wildman–Crippen MR) is 96.2 cm³/mol. The third-order valence-corrected chi connectivity index (χ3v) is 6.13. The van der Waals surface area contributed by atoms with E-state index in [0.717, 1.165) is 0 Å². The number of sulfonamides is 1. The summed E-state index contributed by atoms with van der Waals surface area (Å²) in [6.07, 6.45) is 2.76. The van der Waals surface area contributed by atoms with Gasteiger partial charge < -0.3 is 9.47 Å². The maximum absolute atomic E-state index is 12.9. The first kappa shape index (κ1) is 17.8. The Hall–Kier alpha value is -2.59. The van der Waals surface area contributed by atoms with Crippen molar-refractivity contribution in [1.29, 1.82) is 0 Å². The van der Waals surface area contributed by atoms with E-state index in [9.17, 15) is 13.2 Å². The number of piperidine rings is 1. The average Bonchev–Trinajstić information content (AvgIpc) is 3.31. The molecule has 4 rings (SSSR count). The fourth-order valence-electron chi connectivity index (χ4n) is 3.31. The van der Waals surface area contributed by atoms with Crippen LogP contribution in [0, 0.1) is 0 Å². The summed E-state index contributed by atoms with van der Waals surface area (Å²) in [5.74, 6) is 1.28. The molecule has 0 radical (unpaired) electrons. The molecule has 1 N–H and O–H groups in total. The number of hydrogen-bond donors (Lipinski definition) is 1. The van der Waals surface area contributed by atoms with Gasteiger partial charge in [0.05, 0.1) is 11.1 Å². The van der Waals surface area contributed by atoms with Gasteiger partial charge in [-0.1, -0.05) is 0 Å². The maximum atomic E-state index is 12.9. The van der Waals surface area contributed by atoms with Gasteiger partial charge in [-0.25, -0.2) is 13.1 Å². The summed E-state index contributed by atoms with van der Waals surface area (Å²) in [6, 6.07) is 5.32. The maximum Gasteiger partial charge on any atom is 0.246 e. The van der Waals surface area contributed by atoms with E-state index in [0.29, 0.717) is 43.2 Å². The minimum atomic E-state index is -3.88. The molecule has 2 aliphatic rings. The second-order valence-electron chi connectivity index (χ2n) is 6.33. The molecule has 2 aliphatic heterocycles. The van der Waals surface area contributed by atoms with Gasteiger partial charge >= 0.3 is 0 Å². The number of benzene rings is 1. The lowest BCUT2D eigenvalue weighted by Crippen LogP contribution is -2.52. The number of nitrogens with one attached hydrogen (secondary N) is 1. The van der Waals surface area contributed by atoms with Gasteiger partial charge in [-0.15, -0.1) is 0 Å². The van der Waals surface area contributed by atoms with E-state index in [1.165, 1.54) is 12.1 Å². The van der Waals surface area contributed by atoms with Crippen molar-refractivity contribution < 1.29 is 22.7 Å². The summed E-state index contributed by atoms with van der Waals surface area (Å²) in [5.41, 5.74) is 0. The third kappa shape index (κ3) is 3.26. The molecule has 27 heavy (non-hydrogen) atoms. The monoisotopic (exact) mass is 392 g/mol. The fourth-order valence-corrected chi connectivity index (χ4v) is 4.55. The first-order valence-electron chi connectivity index (χ1n) is 8.75. The zero-order valence-corrected chi connectivity index (χ0v) is 15.6. The van der Waals surface area contributed by atoms with E-state index in [2.05, 4.69) is 9.82 Å². The van der Waals surface area contributed by atoms with E-state index in [4.69, 9.17) is 9.47 Å². The summed E-state index contributed by atoms with van der Waals surface area (Å²) < 4.78 is 40.2. The number of anilines is 1. The van der Waals surface area contributed by atoms with E-state index in [-0.39, 0.29) is 17.6 Å². The van der Waals surface area contributed by atoms with Crippen molar-refractivity contribution >= 4 is 21.7 Å². The standard InChI is InChI=1S/C17H20N4O5S/c1-2-21-16(7-8-18-21)20-9-3-4-13(17(20)22)19-27(23,24)12-5-6-14-15(10-12)26-11-25-14/h5-8,10,13,19H,2-4,9,11H2,1H3. The lowest BCUT2D eigenvalue weighted by atomic mass is 10.1. The summed E-state index contributed by atoms with van der Waals surface area (Å²) >= 11 is 0. The molecule has 1 saturated heterocycles. The first-order valence-corrected chi connectivity index (χ1v) is 10.2. The van der Waals surface area contributed by atoms with E-state index in [1.54, 1.807) is 27.9 Å². The Morgan fingerprint density at radius 1 is 1.26 bits per heavy atom. The molecule has 0 bridgehead atoms. The molecule has 1 unspecified atom stereocenters. The van der Waals surface area contributed by atoms with Crippen LogP contribution >= 0.6 is 0 Å². The third-order valence-electron chi connectivity index (χ3n) is 4.66. The highest BCUT2D eigenvalue weighted by Crippen LogP contribution is 2.34. The summed E-state index contributed by atoms with van der Waals surface area (Å²) in [5, 5.41) is 4.18. The van der Waals surface area contributed by atoms with E-state index < -0.39 is 16.1 Å². The topological polar surface area (TPSA) is 103 Å². The van der Waals surface area contributed by atoms with Gasteiger partial charge in [0, 0.05) is 25.2 Å². The van der Waals surface area contributed by atoms with Crippen LogP contribution in [0.4, 0.5) is 5.82 Å². The number of carbonyl (C=O) groups excluding carboxylic acids is 1. The second-order valence-corrected chi connectivity index (χ2v) is 8.04. The number of amides is 1. The SMILES string of the molecule is CCn1nccc1N1CCCC(NS(=O)(=O)c2ccc3c(c2)OCO3)C1=O. The van der Waals surface area contributed by atoms with Crippen LogP contribution in [0.5, 0.6) is 11.5 Å². The molecule has 1 aromatic carbocycles. The van der Waals surface area contributed by atoms with Gasteiger partial charge in [-0.3, -0.25) is 9.69 Å². The molecule has 1 amide bonds. The van der Waals surface area contributed by atoms with Crippen molar-refractivity contribution in [2.75, 3.05) is 18.2 Å². The summed E-state index contributed by atoms with van der Waals surface area (Å²) in [7, 11) is -3.88. The minimum absolute atomic E-state index is 0.0373. The molecule has 1 aromatic heterocycles. The molecule has 1 fully saturated rings. The summed E-state index contributed by atoms with van der Waals surface area (Å²) in [4.78, 5) is 14.5. The predicted octanol–water partition coefficient (Wildman–Crippen LogP) is 1.11. The van der Waals surface area contributed by atoms with Crippen LogP contribution in [0.2, 0.25) is 0 Å². The van der Waals surface area contributed by atoms with Crippen LogP contribution in [-0.4, -0.2) is 43.5 Å². The van der Waals surface area contributed by atoms with Gasteiger partial charge in [-0.2, -0.15) is 9.82 Å². The Labute approximate surface area is 156 Å². The first-order chi connectivity index (χ1) is 13.0. The van der Waals surface area contributed by atoms with Crippen molar-refractivity contribution in [3.63, 3.8) is 0 Å². The Morgan fingerprint density at radius 2 is 2.07 bits per heavy atom. The number of aryl methyl sites for hydroxylation is 1. The largest absolute Gasteiger partial charge is 0.454 e. The smallest absolute Gasteiger partial charge is 0.246 e. The minimum Gasteiger partial charge on any atom is -0.454 e. The molecular formula is C17H20N4O5S. The van der Waals surface area contributed by atoms with Crippen molar-refractivity contribution in [3.05, 3.63) is 30.5 Å². The molecule has 1 atom stereocenters. The van der Waals surface area contributed by atoms with E-state index in [1.807, 2.05) is 6.92 Å². The Balaban J connectivity index is 1.55. The zero-order valence-electron chi connectivity index (χ0n) is 14.8. The number of hydrogen-bond acceptors (Lipinski definition) is 6. The Morgan fingerprint density at radius 3 is 2.89 bits per heavy atom. The van der Waals surface area contributed by atoms with Gasteiger partial charge in [0.1, 0.15) is 11.9 Å². The Bertz CT molecular complexity index is 971. The number of aromatic nitrogens is 2. The molecule has 144 valence electrons. The number of carbonyl (C=O) groups is 1. The molecule has 9 nitrogen and oxygen atoms in total. The van der Waals surface area contributed by atoms with Crippen LogP contribution in [0.3, 0.4) is 0 Å². The molecule has 10 heteroatoms. The zero-order chi connectivity index (χ0) is 19.0. The lowest BCUT2D eigenvalue weighted by molar-refractivity contribution is -0.121. The van der Waals surface area contributed by atoms with Crippen molar-refractivity contribution in [1.82, 2.24) is 14.5 Å². The fraction of sp³-hybridized carbons (Fsp3) is 0.412. The van der Waals surface area contributed by atoms with Crippen molar-refractivity contribution in [3.8, 4) is 11.5 Å². The van der Waals surface area contributed by atoms with Gasteiger partial charge in [0.2, 0.25) is 22.7 Å². The number of rotatable bonds is 5. The quantitative estimate of drug-likeness (QED) is 0.818. The lowest BCUT2D eigenvalue weighted by Gasteiger charge is -2.32. The molecule has 2 aromatic rings. The van der Waals surface area contributed by atoms with Crippen molar-refractivity contribution in [2.24, 2.45) is 0 Å². The molecular weight excluding hydrogens is 372 g/mol. The number of ether oxygens (including phenoxy) is 2. The number of nitrogens with zero attached hydrogens (tertiary/aromatic N) is 3. The van der Waals surface area contributed by atoms with E-state index >= 15 is 0 Å². The van der Waals surface area contributed by atoms with Crippen molar-refractivity contribution in [2.45, 2.75) is 37.2 Å². The van der Waals surface area contributed by atoms with Crippen LogP contribution in [0.15, 0.2) is 35.4 Å². The molecule has 0 saturated carbocycles. The molecule has 0 aliphatic carbocycles. The van der Waals surface area contributed by atoms with Crippen LogP contribution < -0.4 is 19.1 Å². The van der Waals surface area contributed by atoms with Crippen LogP contribution in [0.1, 0.15) is 19.8 Å². The highest BCUT2D eigenvalue weighted by Gasteiger charge is 2.34. The van der Waals surface area contributed by atoms with Crippen LogP contribution in [0.25, 0.3) is 0 Å². The summed E-state index contributed by atoms with van der Waals surface area (Å²) in [6.45, 7) is 3.16. The average molecular weight is 392 g/mol. The Kier molecular flexibility index (Phi) is 4.52. The number of fused-ring (bicyclic) bond motifs is 1. The normalized spacial score (nSPS) is 19.5.